The Labute approximate surface area is 188 Å². The van der Waals surface area contributed by atoms with Gasteiger partial charge >= 0.3 is 0 Å². The molecule has 1 fully saturated rings. The highest BCUT2D eigenvalue weighted by atomic mass is 35.5. The number of piperazine rings is 1. The normalized spacial score (nSPS) is 17.8. The monoisotopic (exact) mass is 443 g/mol. The summed E-state index contributed by atoms with van der Waals surface area (Å²) in [4.78, 5) is 15.7. The molecule has 0 radical (unpaired) electrons. The van der Waals surface area contributed by atoms with Crippen molar-refractivity contribution < 1.29 is 4.74 Å². The molecule has 0 saturated carbocycles. The summed E-state index contributed by atoms with van der Waals surface area (Å²) in [5.41, 5.74) is 0.990. The van der Waals surface area contributed by atoms with Gasteiger partial charge in [0.15, 0.2) is 5.82 Å². The molecule has 2 unspecified atom stereocenters. The number of alkyl halides is 1. The number of pyridine rings is 1. The minimum absolute atomic E-state index is 0.0290. The molecular weight excluding hydrogens is 414 g/mol. The second kappa shape index (κ2) is 10.2. The van der Waals surface area contributed by atoms with Crippen LogP contribution in [0, 0.1) is 0 Å². The molecule has 1 aliphatic rings. The first-order valence-electron chi connectivity index (χ1n) is 11.0. The molecule has 1 N–H and O–H groups in total. The SMILES string of the molecule is CCCCC(Cl)Cc1nc2nc(OCc3cccnc3)cc(N3CCNC(C)C3)n2n1. The zero-order valence-corrected chi connectivity index (χ0v) is 18.9. The number of rotatable bonds is 9. The van der Waals surface area contributed by atoms with E-state index in [0.717, 1.165) is 56.1 Å². The minimum Gasteiger partial charge on any atom is -0.473 e. The molecule has 9 heteroatoms. The van der Waals surface area contributed by atoms with E-state index in [0.29, 0.717) is 30.7 Å². The maximum Gasteiger partial charge on any atom is 0.257 e. The number of nitrogens with zero attached hydrogens (tertiary/aromatic N) is 6. The Balaban J connectivity index is 1.61. The van der Waals surface area contributed by atoms with Crippen molar-refractivity contribution in [1.82, 2.24) is 29.9 Å². The van der Waals surface area contributed by atoms with Gasteiger partial charge in [0.1, 0.15) is 12.4 Å². The zero-order valence-electron chi connectivity index (χ0n) is 18.2. The lowest BCUT2D eigenvalue weighted by Gasteiger charge is -2.33. The smallest absolute Gasteiger partial charge is 0.257 e. The number of aromatic nitrogens is 5. The van der Waals surface area contributed by atoms with Crippen molar-refractivity contribution in [1.29, 1.82) is 0 Å². The Morgan fingerprint density at radius 1 is 1.35 bits per heavy atom. The molecule has 31 heavy (non-hydrogen) atoms. The molecule has 1 aliphatic heterocycles. The lowest BCUT2D eigenvalue weighted by molar-refractivity contribution is 0.293. The van der Waals surface area contributed by atoms with Crippen molar-refractivity contribution in [3.8, 4) is 5.88 Å². The number of ether oxygens (including phenoxy) is 1. The van der Waals surface area contributed by atoms with Crippen LogP contribution in [-0.4, -0.2) is 55.6 Å². The largest absolute Gasteiger partial charge is 0.473 e. The molecule has 0 aromatic carbocycles. The van der Waals surface area contributed by atoms with Gasteiger partial charge in [-0.05, 0) is 19.4 Å². The predicted octanol–water partition coefficient (Wildman–Crippen LogP) is 3.24. The lowest BCUT2D eigenvalue weighted by Crippen LogP contribution is -2.49. The highest BCUT2D eigenvalue weighted by molar-refractivity contribution is 6.20. The van der Waals surface area contributed by atoms with Gasteiger partial charge in [-0.25, -0.2) is 0 Å². The quantitative estimate of drug-likeness (QED) is 0.508. The molecule has 3 aromatic heterocycles. The molecule has 0 aliphatic carbocycles. The van der Waals surface area contributed by atoms with E-state index in [9.17, 15) is 0 Å². The third-order valence-electron chi connectivity index (χ3n) is 5.39. The molecule has 2 atom stereocenters. The summed E-state index contributed by atoms with van der Waals surface area (Å²) >= 11 is 6.52. The Morgan fingerprint density at radius 2 is 2.26 bits per heavy atom. The zero-order chi connectivity index (χ0) is 21.6. The summed E-state index contributed by atoms with van der Waals surface area (Å²) in [7, 11) is 0. The van der Waals surface area contributed by atoms with E-state index in [-0.39, 0.29) is 5.38 Å². The Morgan fingerprint density at radius 3 is 3.03 bits per heavy atom. The number of anilines is 1. The van der Waals surface area contributed by atoms with E-state index < -0.39 is 0 Å². The van der Waals surface area contributed by atoms with Crippen LogP contribution >= 0.6 is 11.6 Å². The molecule has 3 aromatic rings. The van der Waals surface area contributed by atoms with Crippen LogP contribution in [0.15, 0.2) is 30.6 Å². The number of halogens is 1. The van der Waals surface area contributed by atoms with Gasteiger partial charge < -0.3 is 15.0 Å². The van der Waals surface area contributed by atoms with Crippen LogP contribution < -0.4 is 15.0 Å². The molecule has 1 saturated heterocycles. The second-order valence-electron chi connectivity index (χ2n) is 8.09. The Bertz CT molecular complexity index is 981. The van der Waals surface area contributed by atoms with Crippen molar-refractivity contribution in [2.24, 2.45) is 0 Å². The van der Waals surface area contributed by atoms with Crippen molar-refractivity contribution in [3.05, 3.63) is 42.0 Å². The van der Waals surface area contributed by atoms with Gasteiger partial charge in [0.2, 0.25) is 5.88 Å². The van der Waals surface area contributed by atoms with E-state index in [1.165, 1.54) is 0 Å². The first kappa shape index (κ1) is 21.8. The molecule has 4 heterocycles. The molecule has 4 rings (SSSR count). The van der Waals surface area contributed by atoms with Crippen molar-refractivity contribution in [2.45, 2.75) is 57.6 Å². The molecule has 0 spiro atoms. The highest BCUT2D eigenvalue weighted by Gasteiger charge is 2.22. The summed E-state index contributed by atoms with van der Waals surface area (Å²) in [6.45, 7) is 7.43. The van der Waals surface area contributed by atoms with E-state index in [1.807, 2.05) is 22.7 Å². The van der Waals surface area contributed by atoms with Crippen LogP contribution in [0.25, 0.3) is 5.78 Å². The van der Waals surface area contributed by atoms with E-state index in [4.69, 9.17) is 21.4 Å². The average molecular weight is 444 g/mol. The number of hydrogen-bond donors (Lipinski definition) is 1. The highest BCUT2D eigenvalue weighted by Crippen LogP contribution is 2.23. The third kappa shape index (κ3) is 5.62. The fraction of sp³-hybridized carbons (Fsp3) is 0.545. The van der Waals surface area contributed by atoms with Gasteiger partial charge in [0.25, 0.3) is 5.78 Å². The topological polar surface area (TPSA) is 80.5 Å². The predicted molar refractivity (Wildman–Crippen MR) is 122 cm³/mol. The fourth-order valence-electron chi connectivity index (χ4n) is 3.77. The summed E-state index contributed by atoms with van der Waals surface area (Å²) < 4.78 is 7.83. The van der Waals surface area contributed by atoms with Gasteiger partial charge in [-0.2, -0.15) is 14.5 Å². The number of unbranched alkanes of at least 4 members (excludes halogenated alkanes) is 1. The van der Waals surface area contributed by atoms with Crippen LogP contribution in [0.2, 0.25) is 0 Å². The third-order valence-corrected chi connectivity index (χ3v) is 5.76. The molecule has 0 amide bonds. The minimum atomic E-state index is 0.0290. The Hall–Kier alpha value is -2.45. The molecule has 166 valence electrons. The van der Waals surface area contributed by atoms with Gasteiger partial charge in [-0.15, -0.1) is 16.7 Å². The molecular formula is C22H30ClN7O. The van der Waals surface area contributed by atoms with Crippen LogP contribution in [0.1, 0.15) is 44.5 Å². The van der Waals surface area contributed by atoms with Gasteiger partial charge in [0.05, 0.1) is 0 Å². The number of hydrogen-bond acceptors (Lipinski definition) is 7. The van der Waals surface area contributed by atoms with Gasteiger partial charge in [-0.3, -0.25) is 4.98 Å². The van der Waals surface area contributed by atoms with Crippen molar-refractivity contribution in [3.63, 3.8) is 0 Å². The lowest BCUT2D eigenvalue weighted by atomic mass is 10.1. The van der Waals surface area contributed by atoms with Crippen LogP contribution in [0.3, 0.4) is 0 Å². The van der Waals surface area contributed by atoms with Crippen molar-refractivity contribution >= 4 is 23.2 Å². The molecule has 8 nitrogen and oxygen atoms in total. The Kier molecular flexibility index (Phi) is 7.19. The maximum absolute atomic E-state index is 6.52. The summed E-state index contributed by atoms with van der Waals surface area (Å²) in [5, 5.41) is 8.26. The number of fused-ring (bicyclic) bond motifs is 1. The van der Waals surface area contributed by atoms with E-state index in [1.54, 1.807) is 12.4 Å². The van der Waals surface area contributed by atoms with Crippen LogP contribution in [0.4, 0.5) is 5.82 Å². The van der Waals surface area contributed by atoms with Crippen LogP contribution in [0.5, 0.6) is 5.88 Å². The van der Waals surface area contributed by atoms with Gasteiger partial charge in [-0.1, -0.05) is 25.8 Å². The standard InChI is InChI=1S/C22H30ClN7O/c1-3-4-7-18(23)11-19-26-22-27-20(31-15-17-6-5-8-24-13-17)12-21(30(22)28-19)29-10-9-25-16(2)14-29/h5-6,8,12-13,16,18,25H,3-4,7,9-11,14-15H2,1-2H3. The molecule has 0 bridgehead atoms. The van der Waals surface area contributed by atoms with E-state index in [2.05, 4.69) is 39.0 Å². The van der Waals surface area contributed by atoms with E-state index >= 15 is 0 Å². The van der Waals surface area contributed by atoms with Crippen molar-refractivity contribution in [2.75, 3.05) is 24.5 Å². The second-order valence-corrected chi connectivity index (χ2v) is 8.70. The average Bonchev–Trinajstić information content (AvgIpc) is 3.18. The summed E-state index contributed by atoms with van der Waals surface area (Å²) in [5.74, 6) is 2.74. The van der Waals surface area contributed by atoms with Gasteiger partial charge in [0, 0.05) is 61.5 Å². The fourth-order valence-corrected chi connectivity index (χ4v) is 4.06. The summed E-state index contributed by atoms with van der Waals surface area (Å²) in [6, 6.07) is 6.22. The number of nitrogens with one attached hydrogen (secondary N) is 1. The van der Waals surface area contributed by atoms with Crippen LogP contribution in [-0.2, 0) is 13.0 Å². The first-order valence-corrected chi connectivity index (χ1v) is 11.5. The first-order chi connectivity index (χ1) is 15.1. The summed E-state index contributed by atoms with van der Waals surface area (Å²) in [6.07, 6.45) is 7.38. The maximum atomic E-state index is 6.52.